The number of imidazole rings is 1. The van der Waals surface area contributed by atoms with E-state index in [0.29, 0.717) is 43.0 Å². The Labute approximate surface area is 289 Å². The van der Waals surface area contributed by atoms with E-state index in [9.17, 15) is 20.1 Å². The number of amides is 1. The van der Waals surface area contributed by atoms with Crippen molar-refractivity contribution >= 4 is 28.8 Å². The molecule has 1 unspecified atom stereocenters. The van der Waals surface area contributed by atoms with Gasteiger partial charge in [-0.2, -0.15) is 4.68 Å². The molecule has 7 N–H and O–H groups in total. The highest BCUT2D eigenvalue weighted by Gasteiger charge is 2.69. The van der Waals surface area contributed by atoms with Crippen molar-refractivity contribution in [2.45, 2.75) is 49.3 Å². The van der Waals surface area contributed by atoms with Crippen LogP contribution in [0.1, 0.15) is 36.0 Å². The fourth-order valence-corrected chi connectivity index (χ4v) is 7.47. The maximum absolute atomic E-state index is 14.4. The molecule has 0 aliphatic carbocycles. The quantitative estimate of drug-likeness (QED) is 0.120. The van der Waals surface area contributed by atoms with Gasteiger partial charge < -0.3 is 36.4 Å². The van der Waals surface area contributed by atoms with E-state index in [2.05, 4.69) is 49.9 Å². The summed E-state index contributed by atoms with van der Waals surface area (Å²) >= 11 is 0. The lowest BCUT2D eigenvalue weighted by molar-refractivity contribution is -0.279. The van der Waals surface area contributed by atoms with E-state index in [1.54, 1.807) is 19.1 Å². The molecule has 0 saturated carbocycles. The number of hydrogen-bond acceptors (Lipinski definition) is 11. The number of ether oxygens (including phenoxy) is 1. The van der Waals surface area contributed by atoms with Gasteiger partial charge in [-0.05, 0) is 36.6 Å². The lowest BCUT2D eigenvalue weighted by Crippen LogP contribution is -2.63. The Hall–Kier alpha value is -4.92. The van der Waals surface area contributed by atoms with Crippen LogP contribution in [0.15, 0.2) is 97.3 Å². The van der Waals surface area contributed by atoms with E-state index < -0.39 is 35.4 Å². The summed E-state index contributed by atoms with van der Waals surface area (Å²) in [6, 6.07) is 29.3. The van der Waals surface area contributed by atoms with Crippen molar-refractivity contribution in [3.05, 3.63) is 114 Å². The predicted octanol–water partition coefficient (Wildman–Crippen LogP) is 2.17. The minimum atomic E-state index is -2.26. The van der Waals surface area contributed by atoms with Gasteiger partial charge in [0.05, 0.1) is 0 Å². The molecule has 4 heterocycles. The average Bonchev–Trinajstić information content (AvgIpc) is 3.85. The van der Waals surface area contributed by atoms with E-state index >= 15 is 0 Å². The maximum atomic E-state index is 14.4. The SMILES string of the molecule is CCN(C(=O)[C@H]1O[C@](O)(Cc2ccccc2)[C@@](O)(C2CCNC2)[C@@H]1O)n1c(N)nc2c(NCC(c3ccccc3)c3ccccc3)ncnc21. The topological polar surface area (TPSA) is 184 Å². The van der Waals surface area contributed by atoms with Crippen molar-refractivity contribution < 1.29 is 24.9 Å². The Bertz CT molecular complexity index is 1880. The Balaban J connectivity index is 1.19. The van der Waals surface area contributed by atoms with Crippen molar-refractivity contribution in [1.29, 1.82) is 0 Å². The molecule has 13 nitrogen and oxygen atoms in total. The largest absolute Gasteiger partial charge is 0.387 e. The summed E-state index contributed by atoms with van der Waals surface area (Å²) in [6.45, 7) is 3.23. The Morgan fingerprint density at radius 3 is 2.28 bits per heavy atom. The summed E-state index contributed by atoms with van der Waals surface area (Å²) in [5.74, 6) is -3.17. The molecule has 0 spiro atoms. The number of rotatable bonds is 11. The summed E-state index contributed by atoms with van der Waals surface area (Å²) in [7, 11) is 0. The number of benzene rings is 3. The number of aliphatic hydroxyl groups is 3. The Morgan fingerprint density at radius 2 is 1.68 bits per heavy atom. The molecule has 260 valence electrons. The van der Waals surface area contributed by atoms with Crippen LogP contribution in [0.25, 0.3) is 11.2 Å². The second-order valence-corrected chi connectivity index (χ2v) is 12.9. The van der Waals surface area contributed by atoms with E-state index in [0.717, 1.165) is 11.1 Å². The van der Waals surface area contributed by atoms with Gasteiger partial charge in [-0.1, -0.05) is 91.0 Å². The standard InChI is InChI=1S/C37H42N8O5/c1-2-44(34(47)30-31(46)37(49,27-18-19-39-21-27)36(48,50-30)20-24-12-6-3-7-13-24)45-33-29(43-35(45)38)32(41-23-42-33)40-22-28(25-14-8-4-9-15-25)26-16-10-5-11-17-26/h3-17,23,27-28,30-31,39,46,48-49H,2,18-22H2,1H3,(H2,38,43)(H,40,41,42)/t27?,30-,31+,36+,37+/m0/s1. The summed E-state index contributed by atoms with van der Waals surface area (Å²) in [5, 5.41) is 43.8. The van der Waals surface area contributed by atoms with Crippen molar-refractivity contribution in [3.63, 3.8) is 0 Å². The molecule has 2 aliphatic rings. The second kappa shape index (κ2) is 13.8. The Kier molecular flexibility index (Phi) is 9.24. The van der Waals surface area contributed by atoms with Crippen LogP contribution in [-0.4, -0.2) is 90.6 Å². The molecule has 13 heteroatoms. The number of hydrogen-bond donors (Lipinski definition) is 6. The highest BCUT2D eigenvalue weighted by atomic mass is 16.7. The number of aliphatic hydroxyl groups excluding tert-OH is 1. The van der Waals surface area contributed by atoms with Gasteiger partial charge in [0.2, 0.25) is 11.7 Å². The molecule has 2 fully saturated rings. The van der Waals surface area contributed by atoms with E-state index in [1.165, 1.54) is 16.0 Å². The highest BCUT2D eigenvalue weighted by molar-refractivity contribution is 5.94. The lowest BCUT2D eigenvalue weighted by Gasteiger charge is -2.41. The van der Waals surface area contributed by atoms with Crippen LogP contribution in [0, 0.1) is 5.92 Å². The maximum Gasteiger partial charge on any atom is 0.273 e. The third-order valence-corrected chi connectivity index (χ3v) is 10.0. The van der Waals surface area contributed by atoms with Gasteiger partial charge in [0.1, 0.15) is 12.4 Å². The van der Waals surface area contributed by atoms with Gasteiger partial charge >= 0.3 is 0 Å². The van der Waals surface area contributed by atoms with Crippen molar-refractivity contribution in [2.24, 2.45) is 5.92 Å². The number of fused-ring (bicyclic) bond motifs is 1. The van der Waals surface area contributed by atoms with Crippen molar-refractivity contribution in [3.8, 4) is 0 Å². The molecular weight excluding hydrogens is 636 g/mol. The van der Waals surface area contributed by atoms with Crippen LogP contribution in [0.5, 0.6) is 0 Å². The minimum absolute atomic E-state index is 0.0000177. The van der Waals surface area contributed by atoms with Crippen LogP contribution in [0.3, 0.4) is 0 Å². The fourth-order valence-electron chi connectivity index (χ4n) is 7.47. The van der Waals surface area contributed by atoms with Gasteiger partial charge in [0, 0.05) is 37.9 Å². The summed E-state index contributed by atoms with van der Waals surface area (Å²) in [6.07, 6.45) is -1.67. The molecule has 2 aromatic heterocycles. The second-order valence-electron chi connectivity index (χ2n) is 12.9. The number of aromatic nitrogens is 4. The molecule has 0 radical (unpaired) electrons. The van der Waals surface area contributed by atoms with Gasteiger partial charge in [0.25, 0.3) is 5.91 Å². The van der Waals surface area contributed by atoms with E-state index in [-0.39, 0.29) is 30.5 Å². The van der Waals surface area contributed by atoms with E-state index in [4.69, 9.17) is 10.5 Å². The molecular formula is C37H42N8O5. The average molecular weight is 679 g/mol. The zero-order valence-corrected chi connectivity index (χ0v) is 27.8. The van der Waals surface area contributed by atoms with Crippen LogP contribution >= 0.6 is 0 Å². The molecule has 50 heavy (non-hydrogen) atoms. The first-order chi connectivity index (χ1) is 24.2. The van der Waals surface area contributed by atoms with Crippen LogP contribution in [-0.2, 0) is 16.0 Å². The molecule has 2 aliphatic heterocycles. The number of anilines is 2. The first kappa shape index (κ1) is 33.6. The third-order valence-electron chi connectivity index (χ3n) is 10.0. The van der Waals surface area contributed by atoms with Gasteiger partial charge in [-0.3, -0.25) is 4.79 Å². The van der Waals surface area contributed by atoms with Crippen molar-refractivity contribution in [2.75, 3.05) is 42.2 Å². The zero-order valence-electron chi connectivity index (χ0n) is 27.8. The molecule has 7 rings (SSSR count). The molecule has 5 aromatic rings. The minimum Gasteiger partial charge on any atom is -0.387 e. The van der Waals surface area contributed by atoms with Gasteiger partial charge in [-0.25, -0.2) is 20.0 Å². The molecule has 2 saturated heterocycles. The fraction of sp³-hybridized carbons (Fsp3) is 0.351. The lowest BCUT2D eigenvalue weighted by atomic mass is 9.74. The number of carbonyl (C=O) groups excluding carboxylic acids is 1. The zero-order chi connectivity index (χ0) is 34.9. The van der Waals surface area contributed by atoms with Crippen LogP contribution in [0.2, 0.25) is 0 Å². The normalized spacial score (nSPS) is 24.9. The highest BCUT2D eigenvalue weighted by Crippen LogP contribution is 2.47. The third kappa shape index (κ3) is 5.86. The molecule has 1 amide bonds. The van der Waals surface area contributed by atoms with E-state index in [1.807, 2.05) is 54.6 Å². The van der Waals surface area contributed by atoms with Crippen molar-refractivity contribution in [1.82, 2.24) is 24.9 Å². The van der Waals surface area contributed by atoms with Gasteiger partial charge in [0.15, 0.2) is 28.7 Å². The first-order valence-electron chi connectivity index (χ1n) is 16.9. The number of nitrogens with two attached hydrogens (primary N) is 1. The van der Waals surface area contributed by atoms with Gasteiger partial charge in [-0.15, -0.1) is 0 Å². The summed E-state index contributed by atoms with van der Waals surface area (Å²) < 4.78 is 7.44. The molecule has 5 atom stereocenters. The first-order valence-corrected chi connectivity index (χ1v) is 16.9. The monoisotopic (exact) mass is 678 g/mol. The molecule has 0 bridgehead atoms. The number of likely N-dealkylation sites (N-methyl/N-ethyl adjacent to an activating group) is 1. The number of carbonyl (C=O) groups is 1. The number of nitrogens with zero attached hydrogens (tertiary/aromatic N) is 5. The smallest absolute Gasteiger partial charge is 0.273 e. The predicted molar refractivity (Wildman–Crippen MR) is 189 cm³/mol. The summed E-state index contributed by atoms with van der Waals surface area (Å²) in [4.78, 5) is 27.8. The van der Waals surface area contributed by atoms with Crippen LogP contribution in [0.4, 0.5) is 11.8 Å². The Morgan fingerprint density at radius 1 is 1.04 bits per heavy atom. The van der Waals surface area contributed by atoms with Crippen LogP contribution < -0.4 is 21.4 Å². The number of nitrogens with one attached hydrogen (secondary N) is 2. The molecule has 3 aromatic carbocycles. The number of nitrogen functional groups attached to an aromatic ring is 1. The summed E-state index contributed by atoms with van der Waals surface area (Å²) in [5.41, 5.74) is 7.85.